The maximum absolute atomic E-state index is 15.7. The van der Waals surface area contributed by atoms with Crippen molar-refractivity contribution in [2.45, 2.75) is 91.3 Å². The van der Waals surface area contributed by atoms with E-state index >= 15 is 4.39 Å². The molecule has 0 bridgehead atoms. The van der Waals surface area contributed by atoms with Crippen molar-refractivity contribution in [1.29, 1.82) is 0 Å². The summed E-state index contributed by atoms with van der Waals surface area (Å²) in [5.74, 6) is -1.33. The Kier molecular flexibility index (Phi) is 7.57. The highest BCUT2D eigenvalue weighted by Gasteiger charge is 2.38. The van der Waals surface area contributed by atoms with Gasteiger partial charge in [0.1, 0.15) is 0 Å². The van der Waals surface area contributed by atoms with Gasteiger partial charge in [0.2, 0.25) is 0 Å². The number of hydrogen-bond donors (Lipinski definition) is 1. The number of halogens is 1. The summed E-state index contributed by atoms with van der Waals surface area (Å²) < 4.78 is 27.6. The standard InChI is InChI=1S/C36H40FNO5/c1-20-18-29-26(15-16-38(29)34(39)25-13-8-11-22-10-6-7-12-24(22)25)31(30(20)33(35(40)41)43-36(3,4)5)27-19-28(37)32-23(21(27)2)14-9-17-42-32/h8,11,13,18-19,33H,6-7,9-10,12,14-17H2,1-5H3,(H,40,41)/t33-/m0/s1. The largest absolute Gasteiger partial charge is 0.490 e. The first-order valence-corrected chi connectivity index (χ1v) is 15.4. The van der Waals surface area contributed by atoms with Gasteiger partial charge in [0, 0.05) is 28.9 Å². The van der Waals surface area contributed by atoms with Crippen LogP contribution in [-0.4, -0.2) is 35.7 Å². The van der Waals surface area contributed by atoms with Gasteiger partial charge < -0.3 is 19.5 Å². The van der Waals surface area contributed by atoms with Gasteiger partial charge >= 0.3 is 5.97 Å². The van der Waals surface area contributed by atoms with Crippen LogP contribution in [0, 0.1) is 19.7 Å². The van der Waals surface area contributed by atoms with Gasteiger partial charge in [-0.05, 0) is 137 Å². The second-order valence-electron chi connectivity index (χ2n) is 13.1. The average Bonchev–Trinajstić information content (AvgIpc) is 3.39. The number of carboxylic acid groups (broad SMARTS) is 1. The number of benzene rings is 3. The van der Waals surface area contributed by atoms with Gasteiger partial charge in [0.15, 0.2) is 17.7 Å². The minimum Gasteiger partial charge on any atom is -0.490 e. The lowest BCUT2D eigenvalue weighted by Crippen LogP contribution is -2.31. The molecule has 0 unspecified atom stereocenters. The number of carbonyl (C=O) groups is 2. The molecule has 3 aliphatic rings. The quantitative estimate of drug-likeness (QED) is 0.337. The Labute approximate surface area is 252 Å². The number of hydrogen-bond acceptors (Lipinski definition) is 4. The van der Waals surface area contributed by atoms with E-state index in [1.54, 1.807) is 0 Å². The smallest absolute Gasteiger partial charge is 0.337 e. The fraction of sp³-hybridized carbons (Fsp3) is 0.444. The third-order valence-corrected chi connectivity index (χ3v) is 9.07. The van der Waals surface area contributed by atoms with Crippen LogP contribution in [0.1, 0.15) is 95.4 Å². The van der Waals surface area contributed by atoms with E-state index < -0.39 is 23.5 Å². The third kappa shape index (κ3) is 5.22. The Morgan fingerprint density at radius 2 is 1.74 bits per heavy atom. The molecule has 6 rings (SSSR count). The van der Waals surface area contributed by atoms with Crippen molar-refractivity contribution in [3.8, 4) is 16.9 Å². The van der Waals surface area contributed by atoms with Crippen LogP contribution in [0.2, 0.25) is 0 Å². The fourth-order valence-electron chi connectivity index (χ4n) is 7.18. The highest BCUT2D eigenvalue weighted by atomic mass is 19.1. The van der Waals surface area contributed by atoms with Crippen molar-refractivity contribution in [1.82, 2.24) is 0 Å². The molecule has 2 aliphatic heterocycles. The highest BCUT2D eigenvalue weighted by Crippen LogP contribution is 2.48. The van der Waals surface area contributed by atoms with Gasteiger partial charge in [-0.25, -0.2) is 9.18 Å². The first-order valence-electron chi connectivity index (χ1n) is 15.4. The molecule has 3 aromatic carbocycles. The summed E-state index contributed by atoms with van der Waals surface area (Å²) in [4.78, 5) is 28.8. The van der Waals surface area contributed by atoms with Crippen LogP contribution < -0.4 is 9.64 Å². The molecular weight excluding hydrogens is 545 g/mol. The maximum atomic E-state index is 15.7. The number of amides is 1. The second kappa shape index (κ2) is 11.1. The van der Waals surface area contributed by atoms with E-state index in [0.29, 0.717) is 48.2 Å². The highest BCUT2D eigenvalue weighted by molar-refractivity contribution is 6.09. The van der Waals surface area contributed by atoms with Gasteiger partial charge in [-0.3, -0.25) is 4.79 Å². The Morgan fingerprint density at radius 1 is 1.00 bits per heavy atom. The molecule has 0 spiro atoms. The Morgan fingerprint density at radius 3 is 2.49 bits per heavy atom. The van der Waals surface area contributed by atoms with Crippen LogP contribution >= 0.6 is 0 Å². The van der Waals surface area contributed by atoms with E-state index in [0.717, 1.165) is 65.6 Å². The van der Waals surface area contributed by atoms with E-state index in [1.165, 1.54) is 11.6 Å². The van der Waals surface area contributed by atoms with Crippen molar-refractivity contribution in [2.75, 3.05) is 18.1 Å². The molecule has 43 heavy (non-hydrogen) atoms. The molecule has 3 aromatic rings. The number of carboxylic acids is 1. The van der Waals surface area contributed by atoms with Crippen LogP contribution in [-0.2, 0) is 35.2 Å². The molecule has 6 nitrogen and oxygen atoms in total. The summed E-state index contributed by atoms with van der Waals surface area (Å²) in [5, 5.41) is 10.5. The summed E-state index contributed by atoms with van der Waals surface area (Å²) >= 11 is 0. The zero-order valence-electron chi connectivity index (χ0n) is 25.7. The monoisotopic (exact) mass is 585 g/mol. The Balaban J connectivity index is 1.57. The first-order chi connectivity index (χ1) is 20.5. The summed E-state index contributed by atoms with van der Waals surface area (Å²) in [6, 6.07) is 9.41. The van der Waals surface area contributed by atoms with Crippen molar-refractivity contribution >= 4 is 17.6 Å². The molecule has 0 saturated heterocycles. The van der Waals surface area contributed by atoms with E-state index in [-0.39, 0.29) is 11.7 Å². The SMILES string of the molecule is Cc1cc2c(c(-c3cc(F)c4c(c3C)CCCO4)c1[C@H](OC(C)(C)C)C(=O)O)CCN2C(=O)c1cccc2c1CCCC2. The van der Waals surface area contributed by atoms with E-state index in [9.17, 15) is 14.7 Å². The number of rotatable bonds is 5. The predicted octanol–water partition coefficient (Wildman–Crippen LogP) is 7.46. The topological polar surface area (TPSA) is 76.1 Å². The molecule has 0 saturated carbocycles. The summed E-state index contributed by atoms with van der Waals surface area (Å²) in [6.45, 7) is 10.2. The van der Waals surface area contributed by atoms with E-state index in [4.69, 9.17) is 9.47 Å². The van der Waals surface area contributed by atoms with Crippen LogP contribution in [0.15, 0.2) is 30.3 Å². The van der Waals surface area contributed by atoms with Gasteiger partial charge in [-0.1, -0.05) is 12.1 Å². The number of ether oxygens (including phenoxy) is 2. The van der Waals surface area contributed by atoms with Gasteiger partial charge in [-0.2, -0.15) is 0 Å². The van der Waals surface area contributed by atoms with E-state index in [2.05, 4.69) is 6.07 Å². The lowest BCUT2D eigenvalue weighted by molar-refractivity contribution is -0.160. The van der Waals surface area contributed by atoms with Crippen molar-refractivity contribution in [2.24, 2.45) is 0 Å². The average molecular weight is 586 g/mol. The van der Waals surface area contributed by atoms with Gasteiger partial charge in [-0.15, -0.1) is 0 Å². The normalized spacial score (nSPS) is 16.7. The Hall–Kier alpha value is -3.71. The lowest BCUT2D eigenvalue weighted by atomic mass is 9.83. The van der Waals surface area contributed by atoms with Crippen molar-refractivity contribution in [3.63, 3.8) is 0 Å². The minimum absolute atomic E-state index is 0.0435. The summed E-state index contributed by atoms with van der Waals surface area (Å²) in [5.41, 5.74) is 8.14. The second-order valence-corrected chi connectivity index (χ2v) is 13.1. The summed E-state index contributed by atoms with van der Waals surface area (Å²) in [7, 11) is 0. The zero-order valence-corrected chi connectivity index (χ0v) is 25.7. The molecule has 2 heterocycles. The van der Waals surface area contributed by atoms with E-state index in [1.807, 2.05) is 57.7 Å². The van der Waals surface area contributed by atoms with Crippen LogP contribution in [0.3, 0.4) is 0 Å². The molecule has 0 fully saturated rings. The molecular formula is C36H40FNO5. The molecule has 0 aromatic heterocycles. The van der Waals surface area contributed by atoms with Crippen molar-refractivity contribution < 1.29 is 28.6 Å². The number of carbonyl (C=O) groups excluding carboxylic acids is 1. The number of nitrogens with zero attached hydrogens (tertiary/aromatic N) is 1. The summed E-state index contributed by atoms with van der Waals surface area (Å²) in [6.07, 6.45) is 4.78. The number of aliphatic carboxylic acids is 1. The third-order valence-electron chi connectivity index (χ3n) is 9.07. The number of anilines is 1. The maximum Gasteiger partial charge on any atom is 0.337 e. The fourth-order valence-corrected chi connectivity index (χ4v) is 7.18. The molecule has 0 radical (unpaired) electrons. The molecule has 1 atom stereocenters. The lowest BCUT2D eigenvalue weighted by Gasteiger charge is -2.30. The first kappa shape index (κ1) is 29.4. The molecule has 1 N–H and O–H groups in total. The molecule has 226 valence electrons. The Bertz CT molecular complexity index is 1640. The van der Waals surface area contributed by atoms with Crippen LogP contribution in [0.4, 0.5) is 10.1 Å². The number of fused-ring (bicyclic) bond motifs is 3. The number of aryl methyl sites for hydroxylation is 2. The molecule has 1 amide bonds. The van der Waals surface area contributed by atoms with Crippen molar-refractivity contribution in [3.05, 3.63) is 80.7 Å². The van der Waals surface area contributed by atoms with Gasteiger partial charge in [0.25, 0.3) is 5.91 Å². The van der Waals surface area contributed by atoms with Crippen LogP contribution in [0.5, 0.6) is 5.75 Å². The van der Waals surface area contributed by atoms with Gasteiger partial charge in [0.05, 0.1) is 12.2 Å². The van der Waals surface area contributed by atoms with Crippen LogP contribution in [0.25, 0.3) is 11.1 Å². The molecule has 1 aliphatic carbocycles. The molecule has 7 heteroatoms. The zero-order chi connectivity index (χ0) is 30.6. The minimum atomic E-state index is -1.28. The predicted molar refractivity (Wildman–Crippen MR) is 165 cm³/mol.